The third-order valence-electron chi connectivity index (χ3n) is 4.09. The van der Waals surface area contributed by atoms with Crippen LogP contribution in [-0.4, -0.2) is 5.76 Å². The summed E-state index contributed by atoms with van der Waals surface area (Å²) in [5.74, 6) is 0.374. The molecule has 2 nitrogen and oxygen atoms in total. The third-order valence-corrected chi connectivity index (χ3v) is 7.67. The Bertz CT molecular complexity index is 1050. The number of halogens is 4. The average molecular weight is 496 g/mol. The van der Waals surface area contributed by atoms with Gasteiger partial charge in [-0.15, -0.1) is 0 Å². The quantitative estimate of drug-likeness (QED) is 0.249. The first-order valence-corrected chi connectivity index (χ1v) is 12.6. The van der Waals surface area contributed by atoms with Gasteiger partial charge in [0.05, 0.1) is 10.1 Å². The van der Waals surface area contributed by atoms with E-state index >= 15 is 0 Å². The van der Waals surface area contributed by atoms with Gasteiger partial charge in [0.25, 0.3) is 5.76 Å². The van der Waals surface area contributed by atoms with Crippen LogP contribution in [-0.2, 0) is 4.57 Å². The lowest BCUT2D eigenvalue weighted by atomic mass is 10.2. The average Bonchev–Trinajstić information content (AvgIpc) is 2.76. The highest BCUT2D eigenvalue weighted by Gasteiger charge is 2.20. The van der Waals surface area contributed by atoms with Crippen LogP contribution in [0, 0.1) is 0 Å². The first-order valence-electron chi connectivity index (χ1n) is 9.15. The van der Waals surface area contributed by atoms with E-state index in [0.29, 0.717) is 43.5 Å². The standard InChI is InChI=1S/C23H18Cl2F2NOPS/c24-21(17-7-3-1-4-8-17)15-30(29,16-22(25)18-9-5-2-6-10-18)28-19-11-13-20(14-12-19)31-23(26)27/h1-16,23H,(H,28,29)/b21-15-,22-16-. The summed E-state index contributed by atoms with van der Waals surface area (Å²) in [6.07, 6.45) is 0. The van der Waals surface area contributed by atoms with Crippen molar-refractivity contribution in [3.05, 3.63) is 108 Å². The first-order chi connectivity index (χ1) is 14.8. The maximum atomic E-state index is 13.9. The largest absolute Gasteiger partial charge is 0.330 e. The molecule has 0 bridgehead atoms. The van der Waals surface area contributed by atoms with Gasteiger partial charge in [0, 0.05) is 22.2 Å². The molecule has 0 amide bonds. The van der Waals surface area contributed by atoms with Crippen molar-refractivity contribution < 1.29 is 13.3 Å². The lowest BCUT2D eigenvalue weighted by Gasteiger charge is -2.16. The van der Waals surface area contributed by atoms with Crippen LogP contribution >= 0.6 is 42.3 Å². The molecule has 0 spiro atoms. The summed E-state index contributed by atoms with van der Waals surface area (Å²) in [5.41, 5.74) is 1.91. The van der Waals surface area contributed by atoms with E-state index < -0.39 is 13.1 Å². The molecule has 3 aromatic carbocycles. The van der Waals surface area contributed by atoms with Crippen molar-refractivity contribution >= 4 is 58.0 Å². The molecule has 0 radical (unpaired) electrons. The molecule has 31 heavy (non-hydrogen) atoms. The zero-order valence-corrected chi connectivity index (χ0v) is 19.3. The van der Waals surface area contributed by atoms with Crippen molar-refractivity contribution in [2.24, 2.45) is 0 Å². The second-order valence-electron chi connectivity index (χ2n) is 6.41. The fraction of sp³-hybridized carbons (Fsp3) is 0.0435. The number of alkyl halides is 2. The summed E-state index contributed by atoms with van der Waals surface area (Å²) in [6, 6.07) is 24.5. The Kier molecular flexibility index (Phi) is 8.39. The van der Waals surface area contributed by atoms with E-state index in [1.54, 1.807) is 12.1 Å². The molecule has 0 aliphatic rings. The minimum atomic E-state index is -3.42. The van der Waals surface area contributed by atoms with E-state index in [4.69, 9.17) is 23.2 Å². The van der Waals surface area contributed by atoms with E-state index in [-0.39, 0.29) is 0 Å². The lowest BCUT2D eigenvalue weighted by molar-refractivity contribution is 0.252. The van der Waals surface area contributed by atoms with Crippen LogP contribution in [0.15, 0.2) is 101 Å². The van der Waals surface area contributed by atoms with Gasteiger partial charge in [-0.2, -0.15) is 8.78 Å². The summed E-state index contributed by atoms with van der Waals surface area (Å²) < 4.78 is 39.0. The van der Waals surface area contributed by atoms with E-state index in [9.17, 15) is 13.3 Å². The highest BCUT2D eigenvalue weighted by Crippen LogP contribution is 2.53. The van der Waals surface area contributed by atoms with Crippen molar-refractivity contribution in [1.29, 1.82) is 0 Å². The fourth-order valence-corrected chi connectivity index (χ4v) is 6.04. The smallest absolute Gasteiger partial charge is 0.288 e. The van der Waals surface area contributed by atoms with Gasteiger partial charge in [-0.1, -0.05) is 95.6 Å². The van der Waals surface area contributed by atoms with Gasteiger partial charge in [0.15, 0.2) is 0 Å². The zero-order valence-electron chi connectivity index (χ0n) is 16.1. The molecule has 1 N–H and O–H groups in total. The summed E-state index contributed by atoms with van der Waals surface area (Å²) in [6.45, 7) is 0. The normalized spacial score (nSPS) is 12.8. The molecule has 8 heteroatoms. The number of nitrogens with one attached hydrogen (secondary N) is 1. The molecule has 0 heterocycles. The second-order valence-corrected chi connectivity index (χ2v) is 10.4. The number of thioether (sulfide) groups is 1. The minimum absolute atomic E-state index is 0.301. The van der Waals surface area contributed by atoms with Crippen LogP contribution in [0.25, 0.3) is 10.1 Å². The van der Waals surface area contributed by atoms with Gasteiger partial charge in [0.2, 0.25) is 7.29 Å². The van der Waals surface area contributed by atoms with Gasteiger partial charge in [-0.05, 0) is 35.4 Å². The van der Waals surface area contributed by atoms with Crippen molar-refractivity contribution in [2.75, 3.05) is 5.09 Å². The van der Waals surface area contributed by atoms with Crippen LogP contribution in [0.4, 0.5) is 14.5 Å². The molecule has 0 saturated carbocycles. The maximum Gasteiger partial charge on any atom is 0.288 e. The number of benzene rings is 3. The molecule has 0 aliphatic heterocycles. The molecule has 0 saturated heterocycles. The van der Waals surface area contributed by atoms with Gasteiger partial charge >= 0.3 is 0 Å². The van der Waals surface area contributed by atoms with Crippen molar-refractivity contribution in [1.82, 2.24) is 0 Å². The van der Waals surface area contributed by atoms with Crippen molar-refractivity contribution in [3.8, 4) is 0 Å². The summed E-state index contributed by atoms with van der Waals surface area (Å²) >= 11 is 13.4. The molecular weight excluding hydrogens is 478 g/mol. The molecule has 3 rings (SSSR count). The topological polar surface area (TPSA) is 29.1 Å². The lowest BCUT2D eigenvalue weighted by Crippen LogP contribution is -1.94. The molecule has 0 atom stereocenters. The summed E-state index contributed by atoms with van der Waals surface area (Å²) in [4.78, 5) is 0.408. The van der Waals surface area contributed by atoms with Crippen LogP contribution in [0.5, 0.6) is 0 Å². The summed E-state index contributed by atoms with van der Waals surface area (Å²) in [7, 11) is -3.42. The van der Waals surface area contributed by atoms with E-state index in [1.807, 2.05) is 60.7 Å². The predicted octanol–water partition coefficient (Wildman–Crippen LogP) is 9.17. The molecule has 160 valence electrons. The number of anilines is 1. The highest BCUT2D eigenvalue weighted by molar-refractivity contribution is 7.99. The Balaban J connectivity index is 1.97. The van der Waals surface area contributed by atoms with Crippen molar-refractivity contribution in [2.45, 2.75) is 10.7 Å². The Morgan fingerprint density at radius 1 is 0.806 bits per heavy atom. The Morgan fingerprint density at radius 3 is 1.68 bits per heavy atom. The van der Waals surface area contributed by atoms with Crippen molar-refractivity contribution in [3.63, 3.8) is 0 Å². The number of hydrogen-bond donors (Lipinski definition) is 1. The Morgan fingerprint density at radius 2 is 1.26 bits per heavy atom. The zero-order chi connectivity index (χ0) is 22.3. The molecule has 0 aromatic heterocycles. The van der Waals surface area contributed by atoms with Gasteiger partial charge in [-0.25, -0.2) is 0 Å². The van der Waals surface area contributed by atoms with Crippen LogP contribution in [0.2, 0.25) is 0 Å². The maximum absolute atomic E-state index is 13.9. The van der Waals surface area contributed by atoms with Crippen LogP contribution < -0.4 is 5.09 Å². The summed E-state index contributed by atoms with van der Waals surface area (Å²) in [5, 5.41) is 3.58. The predicted molar refractivity (Wildman–Crippen MR) is 130 cm³/mol. The molecule has 0 unspecified atom stereocenters. The van der Waals surface area contributed by atoms with Gasteiger partial charge in [-0.3, -0.25) is 4.57 Å². The number of hydrogen-bond acceptors (Lipinski definition) is 2. The third kappa shape index (κ3) is 7.26. The van der Waals surface area contributed by atoms with E-state index in [2.05, 4.69) is 5.09 Å². The molecule has 0 aliphatic carbocycles. The van der Waals surface area contributed by atoms with Gasteiger partial charge < -0.3 is 5.09 Å². The Hall–Kier alpha value is -2.04. The molecular formula is C23H18Cl2F2NOPS. The SMILES string of the molecule is O=P(/C=C(\Cl)c1ccccc1)(/C=C(\Cl)c1ccccc1)Nc1ccc(SC(F)F)cc1. The highest BCUT2D eigenvalue weighted by atomic mass is 35.5. The fourth-order valence-electron chi connectivity index (χ4n) is 2.70. The van der Waals surface area contributed by atoms with E-state index in [1.165, 1.54) is 23.8 Å². The first kappa shape index (κ1) is 23.6. The minimum Gasteiger partial charge on any atom is -0.330 e. The molecule has 0 fully saturated rings. The number of rotatable bonds is 8. The second kappa shape index (κ2) is 11.0. The molecule has 3 aromatic rings. The van der Waals surface area contributed by atoms with Gasteiger partial charge in [0.1, 0.15) is 0 Å². The van der Waals surface area contributed by atoms with Crippen LogP contribution in [0.1, 0.15) is 11.1 Å². The van der Waals surface area contributed by atoms with Crippen LogP contribution in [0.3, 0.4) is 0 Å². The Labute approximate surface area is 194 Å². The monoisotopic (exact) mass is 495 g/mol. The van der Waals surface area contributed by atoms with E-state index in [0.717, 1.165) is 0 Å².